The van der Waals surface area contributed by atoms with Crippen molar-refractivity contribution in [1.29, 1.82) is 0 Å². The van der Waals surface area contributed by atoms with Crippen LogP contribution >= 0.6 is 11.6 Å². The fourth-order valence-corrected chi connectivity index (χ4v) is 4.46. The smallest absolute Gasteiger partial charge is 0.294 e. The lowest BCUT2D eigenvalue weighted by molar-refractivity contribution is -0.384. The summed E-state index contributed by atoms with van der Waals surface area (Å²) < 4.78 is 0. The van der Waals surface area contributed by atoms with Gasteiger partial charge in [0.15, 0.2) is 0 Å². The molecule has 2 heterocycles. The Morgan fingerprint density at radius 1 is 1.17 bits per heavy atom. The van der Waals surface area contributed by atoms with Crippen LogP contribution in [0.4, 0.5) is 28.4 Å². The van der Waals surface area contributed by atoms with Gasteiger partial charge < -0.3 is 15.1 Å². The van der Waals surface area contributed by atoms with Crippen molar-refractivity contribution < 1.29 is 4.92 Å². The Kier molecular flexibility index (Phi) is 5.60. The number of rotatable bonds is 4. The van der Waals surface area contributed by atoms with Crippen LogP contribution in [0.15, 0.2) is 42.6 Å². The number of hydrogen-bond donors (Lipinski definition) is 1. The largest absolute Gasteiger partial charge is 0.366 e. The number of anilines is 4. The minimum atomic E-state index is -0.343. The van der Waals surface area contributed by atoms with Crippen LogP contribution in [0.25, 0.3) is 0 Å². The molecule has 0 spiro atoms. The second kappa shape index (κ2) is 8.19. The van der Waals surface area contributed by atoms with Gasteiger partial charge in [0.1, 0.15) is 5.69 Å². The van der Waals surface area contributed by atoms with Crippen LogP contribution < -0.4 is 15.1 Å². The molecule has 2 aromatic rings. The Morgan fingerprint density at radius 2 is 1.90 bits per heavy atom. The summed E-state index contributed by atoms with van der Waals surface area (Å²) in [7, 11) is 2.03. The van der Waals surface area contributed by atoms with Crippen LogP contribution in [-0.4, -0.2) is 25.1 Å². The van der Waals surface area contributed by atoms with Crippen molar-refractivity contribution in [1.82, 2.24) is 0 Å². The Morgan fingerprint density at radius 3 is 2.60 bits per heavy atom. The molecular weight excluding hydrogens is 400 g/mol. The maximum Gasteiger partial charge on any atom is 0.294 e. The molecule has 158 valence electrons. The standard InChI is InChI=1S/C23H27ClN4O2/c1-15-8-10-27(11-9-15)22-14-20(19(24)13-23(22)28(29)30)25-18-6-7-21-17(12-18)5-4-16(2)26(21)3/h6-7,12-15,25H,2,4-5,8-11H2,1,3H3. The van der Waals surface area contributed by atoms with Gasteiger partial charge in [0.2, 0.25) is 0 Å². The zero-order valence-electron chi connectivity index (χ0n) is 17.4. The molecule has 0 aliphatic carbocycles. The van der Waals surface area contributed by atoms with Gasteiger partial charge >= 0.3 is 0 Å². The first-order valence-electron chi connectivity index (χ1n) is 10.4. The normalized spacial score (nSPS) is 17.1. The zero-order valence-corrected chi connectivity index (χ0v) is 18.2. The number of piperidine rings is 1. The number of hydrogen-bond acceptors (Lipinski definition) is 5. The quantitative estimate of drug-likeness (QED) is 0.471. The molecular formula is C23H27ClN4O2. The third-order valence-electron chi connectivity index (χ3n) is 6.26. The number of nitrogens with one attached hydrogen (secondary N) is 1. The second-order valence-electron chi connectivity index (χ2n) is 8.34. The van der Waals surface area contributed by atoms with Gasteiger partial charge in [-0.2, -0.15) is 0 Å². The van der Waals surface area contributed by atoms with E-state index < -0.39 is 0 Å². The van der Waals surface area contributed by atoms with E-state index in [0.717, 1.165) is 55.8 Å². The third kappa shape index (κ3) is 3.97. The number of allylic oxidation sites excluding steroid dienone is 1. The molecule has 2 aliphatic heterocycles. The van der Waals surface area contributed by atoms with Crippen molar-refractivity contribution in [3.8, 4) is 0 Å². The van der Waals surface area contributed by atoms with Crippen LogP contribution in [-0.2, 0) is 6.42 Å². The average molecular weight is 427 g/mol. The van der Waals surface area contributed by atoms with Crippen LogP contribution in [0.5, 0.6) is 0 Å². The van der Waals surface area contributed by atoms with Crippen molar-refractivity contribution in [2.45, 2.75) is 32.6 Å². The molecule has 0 bridgehead atoms. The second-order valence-corrected chi connectivity index (χ2v) is 8.75. The first-order chi connectivity index (χ1) is 14.3. The highest BCUT2D eigenvalue weighted by molar-refractivity contribution is 6.33. The molecule has 1 fully saturated rings. The van der Waals surface area contributed by atoms with Gasteiger partial charge in [-0.25, -0.2) is 0 Å². The summed E-state index contributed by atoms with van der Waals surface area (Å²) in [6.45, 7) is 7.97. The lowest BCUT2D eigenvalue weighted by Crippen LogP contribution is -2.33. The molecule has 4 rings (SSSR count). The van der Waals surface area contributed by atoms with Crippen molar-refractivity contribution in [3.63, 3.8) is 0 Å². The predicted octanol–water partition coefficient (Wildman–Crippen LogP) is 6.12. The van der Waals surface area contributed by atoms with Crippen molar-refractivity contribution in [2.75, 3.05) is 35.3 Å². The molecule has 1 saturated heterocycles. The number of nitro groups is 1. The summed E-state index contributed by atoms with van der Waals surface area (Å²) in [4.78, 5) is 15.5. The maximum absolute atomic E-state index is 11.7. The highest BCUT2D eigenvalue weighted by Crippen LogP contribution is 2.40. The van der Waals surface area contributed by atoms with Crippen LogP contribution in [0.1, 0.15) is 31.7 Å². The summed E-state index contributed by atoms with van der Waals surface area (Å²) in [5.41, 5.74) is 5.82. The van der Waals surface area contributed by atoms with Crippen molar-refractivity contribution >= 4 is 40.0 Å². The van der Waals surface area contributed by atoms with Gasteiger partial charge in [-0.15, -0.1) is 0 Å². The van der Waals surface area contributed by atoms with Gasteiger partial charge in [-0.3, -0.25) is 10.1 Å². The van der Waals surface area contributed by atoms with Gasteiger partial charge in [-0.1, -0.05) is 25.1 Å². The van der Waals surface area contributed by atoms with E-state index in [0.29, 0.717) is 22.3 Å². The number of benzene rings is 2. The fraction of sp³-hybridized carbons (Fsp3) is 0.391. The van der Waals surface area contributed by atoms with Crippen LogP contribution in [0, 0.1) is 16.0 Å². The Hall–Kier alpha value is -2.73. The lowest BCUT2D eigenvalue weighted by Gasteiger charge is -2.32. The van der Waals surface area contributed by atoms with Gasteiger partial charge in [0.05, 0.1) is 15.6 Å². The molecule has 0 aromatic heterocycles. The van der Waals surface area contributed by atoms with E-state index in [4.69, 9.17) is 11.6 Å². The molecule has 0 radical (unpaired) electrons. The van der Waals surface area contributed by atoms with E-state index in [1.54, 1.807) is 0 Å². The number of nitrogens with zero attached hydrogens (tertiary/aromatic N) is 3. The Bertz CT molecular complexity index is 999. The summed E-state index contributed by atoms with van der Waals surface area (Å²) >= 11 is 6.44. The molecule has 2 aliphatic rings. The molecule has 7 heteroatoms. The minimum Gasteiger partial charge on any atom is -0.366 e. The Balaban J connectivity index is 1.65. The van der Waals surface area contributed by atoms with Crippen LogP contribution in [0.3, 0.4) is 0 Å². The molecule has 0 amide bonds. The number of nitro benzene ring substituents is 1. The van der Waals surface area contributed by atoms with Gasteiger partial charge in [-0.05, 0) is 61.4 Å². The molecule has 6 nitrogen and oxygen atoms in total. The molecule has 30 heavy (non-hydrogen) atoms. The number of halogens is 1. The molecule has 0 unspecified atom stereocenters. The molecule has 1 N–H and O–H groups in total. The van der Waals surface area contributed by atoms with E-state index in [1.165, 1.54) is 11.6 Å². The summed E-state index contributed by atoms with van der Waals surface area (Å²) in [6, 6.07) is 9.50. The highest BCUT2D eigenvalue weighted by atomic mass is 35.5. The van der Waals surface area contributed by atoms with E-state index in [-0.39, 0.29) is 10.6 Å². The highest BCUT2D eigenvalue weighted by Gasteiger charge is 2.25. The first-order valence-corrected chi connectivity index (χ1v) is 10.8. The summed E-state index contributed by atoms with van der Waals surface area (Å²) in [6.07, 6.45) is 3.94. The van der Waals surface area contributed by atoms with Gasteiger partial charge in [0.25, 0.3) is 5.69 Å². The average Bonchev–Trinajstić information content (AvgIpc) is 2.72. The monoisotopic (exact) mass is 426 g/mol. The van der Waals surface area contributed by atoms with Gasteiger partial charge in [0, 0.05) is 43.3 Å². The summed E-state index contributed by atoms with van der Waals surface area (Å²) in [5.74, 6) is 0.648. The summed E-state index contributed by atoms with van der Waals surface area (Å²) in [5, 5.41) is 15.4. The van der Waals surface area contributed by atoms with E-state index in [2.05, 4.69) is 40.8 Å². The van der Waals surface area contributed by atoms with E-state index in [1.807, 2.05) is 19.2 Å². The fourth-order valence-electron chi connectivity index (χ4n) is 4.26. The van der Waals surface area contributed by atoms with Crippen molar-refractivity contribution in [3.05, 3.63) is 63.3 Å². The maximum atomic E-state index is 11.7. The van der Waals surface area contributed by atoms with E-state index in [9.17, 15) is 10.1 Å². The number of fused-ring (bicyclic) bond motifs is 1. The topological polar surface area (TPSA) is 61.6 Å². The third-order valence-corrected chi connectivity index (χ3v) is 6.58. The number of aryl methyl sites for hydroxylation is 1. The van der Waals surface area contributed by atoms with Crippen molar-refractivity contribution in [2.24, 2.45) is 5.92 Å². The first kappa shape index (κ1) is 20.5. The molecule has 0 saturated carbocycles. The van der Waals surface area contributed by atoms with Crippen LogP contribution in [0.2, 0.25) is 5.02 Å². The lowest BCUT2D eigenvalue weighted by atomic mass is 9.98. The minimum absolute atomic E-state index is 0.0608. The zero-order chi connectivity index (χ0) is 21.4. The Labute approximate surface area is 182 Å². The van der Waals surface area contributed by atoms with E-state index >= 15 is 0 Å². The molecule has 0 atom stereocenters. The molecule has 2 aromatic carbocycles. The SMILES string of the molecule is C=C1CCc2cc(Nc3cc(N4CCC(C)CC4)c([N+](=O)[O-])cc3Cl)ccc2N1C. The predicted molar refractivity (Wildman–Crippen MR) is 124 cm³/mol.